The average molecular weight is 669 g/mol. The van der Waals surface area contributed by atoms with E-state index in [1.165, 1.54) is 53.1 Å². The molecule has 1 aromatic heterocycles. The summed E-state index contributed by atoms with van der Waals surface area (Å²) in [6, 6.07) is 17.5. The number of ether oxygens (including phenoxy) is 1. The van der Waals surface area contributed by atoms with Gasteiger partial charge in [0.05, 0.1) is 5.69 Å². The van der Waals surface area contributed by atoms with Crippen LogP contribution >= 0.6 is 11.8 Å². The molecule has 3 aromatic carbocycles. The lowest BCUT2D eigenvalue weighted by Crippen LogP contribution is -2.43. The van der Waals surface area contributed by atoms with Crippen LogP contribution < -0.4 is 15.0 Å². The van der Waals surface area contributed by atoms with Crippen LogP contribution in [0.4, 0.5) is 28.0 Å². The van der Waals surface area contributed by atoms with Crippen molar-refractivity contribution < 1.29 is 27.1 Å². The Morgan fingerprint density at radius 3 is 2.49 bits per heavy atom. The molecule has 248 valence electrons. The maximum Gasteiger partial charge on any atom is 0.573 e. The number of aromatic nitrogens is 3. The van der Waals surface area contributed by atoms with Gasteiger partial charge in [-0.3, -0.25) is 0 Å². The molecule has 0 aliphatic carbocycles. The van der Waals surface area contributed by atoms with Crippen molar-refractivity contribution in [3.05, 3.63) is 90.0 Å². The third kappa shape index (κ3) is 8.91. The fourth-order valence-electron chi connectivity index (χ4n) is 5.27. The summed E-state index contributed by atoms with van der Waals surface area (Å²) < 4.78 is 56.7. The van der Waals surface area contributed by atoms with Crippen molar-refractivity contribution in [2.45, 2.75) is 71.3 Å². The summed E-state index contributed by atoms with van der Waals surface area (Å²) in [6.07, 6.45) is -0.927. The molecule has 13 heteroatoms. The van der Waals surface area contributed by atoms with E-state index in [1.54, 1.807) is 12.1 Å². The number of benzene rings is 3. The predicted molar refractivity (Wildman–Crippen MR) is 177 cm³/mol. The SMILES string of the molecule is CC(CCc1ccc(-c2ncn(-c3ccc(OC(F)(F)F)cc3)n2)cc1)NC(=O)/N=C1\SCCC(C)N1c1ccc(F)cc1C(C)C. The molecule has 47 heavy (non-hydrogen) atoms. The normalized spacial score (nSPS) is 16.8. The van der Waals surface area contributed by atoms with Gasteiger partial charge in [0.2, 0.25) is 0 Å². The van der Waals surface area contributed by atoms with Crippen LogP contribution in [-0.2, 0) is 6.42 Å². The van der Waals surface area contributed by atoms with Crippen LogP contribution in [0.5, 0.6) is 5.75 Å². The van der Waals surface area contributed by atoms with Crippen LogP contribution in [0, 0.1) is 5.82 Å². The highest BCUT2D eigenvalue weighted by Crippen LogP contribution is 2.35. The number of alkyl halides is 3. The number of nitrogens with zero attached hydrogens (tertiary/aromatic N) is 5. The molecule has 1 aliphatic rings. The van der Waals surface area contributed by atoms with E-state index in [4.69, 9.17) is 0 Å². The highest BCUT2D eigenvalue weighted by Gasteiger charge is 2.31. The smallest absolute Gasteiger partial charge is 0.406 e. The Labute approximate surface area is 275 Å². The number of thioether (sulfide) groups is 1. The van der Waals surface area contributed by atoms with Gasteiger partial charge in [0.15, 0.2) is 11.0 Å². The lowest BCUT2D eigenvalue weighted by molar-refractivity contribution is -0.274. The van der Waals surface area contributed by atoms with E-state index in [-0.39, 0.29) is 29.6 Å². The summed E-state index contributed by atoms with van der Waals surface area (Å²) >= 11 is 1.53. The number of rotatable bonds is 9. The van der Waals surface area contributed by atoms with E-state index in [0.717, 1.165) is 41.0 Å². The van der Waals surface area contributed by atoms with Crippen LogP contribution in [0.15, 0.2) is 78.0 Å². The quantitative estimate of drug-likeness (QED) is 0.180. The number of carbonyl (C=O) groups is 1. The number of hydrogen-bond donors (Lipinski definition) is 1. The molecular formula is C34H36F4N6O2S. The Kier molecular flexibility index (Phi) is 10.5. The van der Waals surface area contributed by atoms with Crippen molar-refractivity contribution in [1.29, 1.82) is 0 Å². The number of amidine groups is 1. The molecular weight excluding hydrogens is 632 g/mol. The lowest BCUT2D eigenvalue weighted by atomic mass is 9.99. The third-order valence-electron chi connectivity index (χ3n) is 7.76. The number of amides is 2. The summed E-state index contributed by atoms with van der Waals surface area (Å²) in [7, 11) is 0. The first kappa shape index (κ1) is 34.0. The predicted octanol–water partition coefficient (Wildman–Crippen LogP) is 8.51. The molecule has 2 unspecified atom stereocenters. The minimum atomic E-state index is -4.75. The van der Waals surface area contributed by atoms with Gasteiger partial charge in [-0.05, 0) is 92.6 Å². The van der Waals surface area contributed by atoms with Crippen LogP contribution in [0.2, 0.25) is 0 Å². The lowest BCUT2D eigenvalue weighted by Gasteiger charge is -2.37. The first-order chi connectivity index (χ1) is 22.4. The van der Waals surface area contributed by atoms with Crippen molar-refractivity contribution >= 4 is 28.6 Å². The topological polar surface area (TPSA) is 84.6 Å². The minimum Gasteiger partial charge on any atom is -0.406 e. The van der Waals surface area contributed by atoms with Crippen LogP contribution in [-0.4, -0.2) is 50.2 Å². The molecule has 1 aliphatic heterocycles. The molecule has 4 aromatic rings. The van der Waals surface area contributed by atoms with Gasteiger partial charge >= 0.3 is 12.4 Å². The van der Waals surface area contributed by atoms with E-state index >= 15 is 0 Å². The van der Waals surface area contributed by atoms with Crippen LogP contribution in [0.3, 0.4) is 0 Å². The van der Waals surface area contributed by atoms with Gasteiger partial charge in [0.25, 0.3) is 0 Å². The Morgan fingerprint density at radius 1 is 1.09 bits per heavy atom. The fourth-order valence-corrected chi connectivity index (χ4v) is 6.47. The Hall–Kier alpha value is -4.39. The second kappa shape index (κ2) is 14.6. The van der Waals surface area contributed by atoms with E-state index in [2.05, 4.69) is 37.0 Å². The molecule has 1 saturated heterocycles. The number of anilines is 1. The number of carbonyl (C=O) groups excluding carboxylic acids is 1. The molecule has 0 saturated carbocycles. The summed E-state index contributed by atoms with van der Waals surface area (Å²) in [5, 5.41) is 8.05. The molecule has 0 bridgehead atoms. The monoisotopic (exact) mass is 668 g/mol. The van der Waals surface area contributed by atoms with Gasteiger partial charge in [-0.25, -0.2) is 18.9 Å². The van der Waals surface area contributed by atoms with E-state index in [9.17, 15) is 22.4 Å². The highest BCUT2D eigenvalue weighted by molar-refractivity contribution is 8.14. The van der Waals surface area contributed by atoms with Crippen LogP contribution in [0.25, 0.3) is 17.1 Å². The van der Waals surface area contributed by atoms with Crippen molar-refractivity contribution in [3.63, 3.8) is 0 Å². The molecule has 8 nitrogen and oxygen atoms in total. The highest BCUT2D eigenvalue weighted by atomic mass is 32.2. The first-order valence-corrected chi connectivity index (χ1v) is 16.3. The Balaban J connectivity index is 1.17. The van der Waals surface area contributed by atoms with Crippen molar-refractivity contribution in [1.82, 2.24) is 20.1 Å². The van der Waals surface area contributed by atoms with Gasteiger partial charge in [-0.1, -0.05) is 49.9 Å². The fraction of sp³-hybridized carbons (Fsp3) is 0.353. The van der Waals surface area contributed by atoms with Crippen molar-refractivity contribution in [3.8, 4) is 22.8 Å². The largest absolute Gasteiger partial charge is 0.573 e. The minimum absolute atomic E-state index is 0.105. The number of halogens is 4. The van der Waals surface area contributed by atoms with Crippen LogP contribution in [0.1, 0.15) is 57.6 Å². The van der Waals surface area contributed by atoms with Crippen molar-refractivity contribution in [2.75, 3.05) is 10.7 Å². The molecule has 0 spiro atoms. The zero-order valence-corrected chi connectivity index (χ0v) is 27.3. The molecule has 5 rings (SSSR count). The Morgan fingerprint density at radius 2 is 1.81 bits per heavy atom. The van der Waals surface area contributed by atoms with Gasteiger partial charge < -0.3 is 15.0 Å². The summed E-state index contributed by atoms with van der Waals surface area (Å²) in [5.41, 5.74) is 4.15. The number of hydrogen-bond acceptors (Lipinski definition) is 5. The van der Waals surface area contributed by atoms with Gasteiger partial charge in [0, 0.05) is 29.1 Å². The van der Waals surface area contributed by atoms with Gasteiger partial charge in [-0.2, -0.15) is 4.99 Å². The molecule has 2 amide bonds. The zero-order valence-electron chi connectivity index (χ0n) is 26.5. The molecule has 1 fully saturated rings. The van der Waals surface area contributed by atoms with E-state index < -0.39 is 12.4 Å². The maximum atomic E-state index is 14.1. The molecule has 0 radical (unpaired) electrons. The second-order valence-electron chi connectivity index (χ2n) is 11.7. The Bertz CT molecular complexity index is 1710. The average Bonchev–Trinajstić information content (AvgIpc) is 3.51. The maximum absolute atomic E-state index is 14.1. The summed E-state index contributed by atoms with van der Waals surface area (Å²) in [5.74, 6) is 0.821. The summed E-state index contributed by atoms with van der Waals surface area (Å²) in [4.78, 5) is 23.8. The molecule has 2 heterocycles. The number of urea groups is 1. The van der Waals surface area contributed by atoms with Crippen molar-refractivity contribution in [2.24, 2.45) is 4.99 Å². The third-order valence-corrected chi connectivity index (χ3v) is 8.74. The molecule has 2 atom stereocenters. The molecule has 1 N–H and O–H groups in total. The van der Waals surface area contributed by atoms with E-state index in [1.807, 2.05) is 45.0 Å². The number of aliphatic imine (C=N–C) groups is 1. The first-order valence-electron chi connectivity index (χ1n) is 15.3. The number of aryl methyl sites for hydroxylation is 1. The zero-order chi connectivity index (χ0) is 33.7. The van der Waals surface area contributed by atoms with E-state index in [0.29, 0.717) is 23.1 Å². The second-order valence-corrected chi connectivity index (χ2v) is 12.8. The standard InChI is InChI=1S/C34H36F4N6O2S/c1-21(2)29-19-26(35)11-16-30(29)44-23(4)17-18-47-33(44)41-32(45)40-22(3)5-6-24-7-9-25(10-8-24)31-39-20-43(42-31)27-12-14-28(15-13-27)46-34(36,37)38/h7-16,19-23H,5-6,17-18H2,1-4H3,(H,40,45)/b41-33-. The summed E-state index contributed by atoms with van der Waals surface area (Å²) in [6.45, 7) is 8.08. The van der Waals surface area contributed by atoms with Gasteiger partial charge in [0.1, 0.15) is 17.9 Å². The van der Waals surface area contributed by atoms with Gasteiger partial charge in [-0.15, -0.1) is 18.3 Å². The number of nitrogens with one attached hydrogen (secondary N) is 1.